The van der Waals surface area contributed by atoms with Gasteiger partial charge in [-0.2, -0.15) is 0 Å². The van der Waals surface area contributed by atoms with E-state index in [-0.39, 0.29) is 0 Å². The maximum absolute atomic E-state index is 5.45. The SMILES string of the molecule is C=CCCc1ccccc1COCC=C. The molecule has 0 saturated carbocycles. The topological polar surface area (TPSA) is 9.23 Å². The third-order valence-electron chi connectivity index (χ3n) is 2.23. The van der Waals surface area contributed by atoms with Crippen LogP contribution in [0.3, 0.4) is 0 Å². The summed E-state index contributed by atoms with van der Waals surface area (Å²) in [4.78, 5) is 0. The van der Waals surface area contributed by atoms with E-state index < -0.39 is 0 Å². The number of hydrogen-bond donors (Lipinski definition) is 0. The number of benzene rings is 1. The first-order valence-electron chi connectivity index (χ1n) is 5.24. The zero-order chi connectivity index (χ0) is 10.9. The average molecular weight is 202 g/mol. The normalized spacial score (nSPS) is 9.87. The van der Waals surface area contributed by atoms with Crippen LogP contribution < -0.4 is 0 Å². The third-order valence-corrected chi connectivity index (χ3v) is 2.23. The van der Waals surface area contributed by atoms with Crippen molar-refractivity contribution in [3.63, 3.8) is 0 Å². The first kappa shape index (κ1) is 11.7. The molecular weight excluding hydrogens is 184 g/mol. The predicted octanol–water partition coefficient (Wildman–Crippen LogP) is 3.51. The Balaban J connectivity index is 2.59. The van der Waals surface area contributed by atoms with Crippen LogP contribution in [-0.4, -0.2) is 6.61 Å². The van der Waals surface area contributed by atoms with Gasteiger partial charge in [-0.15, -0.1) is 13.2 Å². The molecule has 0 aliphatic carbocycles. The second-order valence-electron chi connectivity index (χ2n) is 3.40. The molecular formula is C14H18O. The molecule has 0 amide bonds. The van der Waals surface area contributed by atoms with Crippen molar-refractivity contribution in [3.05, 3.63) is 60.7 Å². The largest absolute Gasteiger partial charge is 0.373 e. The Labute approximate surface area is 92.1 Å². The van der Waals surface area contributed by atoms with Gasteiger partial charge in [-0.3, -0.25) is 0 Å². The zero-order valence-electron chi connectivity index (χ0n) is 9.11. The van der Waals surface area contributed by atoms with Crippen molar-refractivity contribution in [2.45, 2.75) is 19.4 Å². The molecule has 0 aliphatic heterocycles. The lowest BCUT2D eigenvalue weighted by molar-refractivity contribution is 0.148. The fourth-order valence-corrected chi connectivity index (χ4v) is 1.45. The first-order chi connectivity index (χ1) is 7.38. The first-order valence-corrected chi connectivity index (χ1v) is 5.24. The second-order valence-corrected chi connectivity index (χ2v) is 3.40. The van der Waals surface area contributed by atoms with Gasteiger partial charge in [-0.25, -0.2) is 0 Å². The van der Waals surface area contributed by atoms with E-state index >= 15 is 0 Å². The molecule has 0 heterocycles. The standard InChI is InChI=1S/C14H18O/c1-3-5-8-13-9-6-7-10-14(13)12-15-11-4-2/h3-4,6-7,9-10H,1-2,5,8,11-12H2. The molecule has 0 unspecified atom stereocenters. The van der Waals surface area contributed by atoms with Crippen LogP contribution in [0.15, 0.2) is 49.6 Å². The van der Waals surface area contributed by atoms with Crippen LogP contribution >= 0.6 is 0 Å². The zero-order valence-corrected chi connectivity index (χ0v) is 9.11. The van der Waals surface area contributed by atoms with E-state index in [0.717, 1.165) is 12.8 Å². The lowest BCUT2D eigenvalue weighted by Gasteiger charge is -2.08. The number of aryl methyl sites for hydroxylation is 1. The summed E-state index contributed by atoms with van der Waals surface area (Å²) < 4.78 is 5.45. The fourth-order valence-electron chi connectivity index (χ4n) is 1.45. The Hall–Kier alpha value is -1.34. The molecule has 1 rings (SSSR count). The Morgan fingerprint density at radius 3 is 2.47 bits per heavy atom. The number of rotatable bonds is 7. The molecule has 0 N–H and O–H groups in total. The number of hydrogen-bond acceptors (Lipinski definition) is 1. The highest BCUT2D eigenvalue weighted by Gasteiger charge is 2.00. The lowest BCUT2D eigenvalue weighted by Crippen LogP contribution is -1.97. The summed E-state index contributed by atoms with van der Waals surface area (Å²) in [5, 5.41) is 0. The smallest absolute Gasteiger partial charge is 0.0723 e. The molecule has 0 spiro atoms. The predicted molar refractivity (Wildman–Crippen MR) is 64.8 cm³/mol. The van der Waals surface area contributed by atoms with E-state index in [9.17, 15) is 0 Å². The van der Waals surface area contributed by atoms with Gasteiger partial charge in [0.1, 0.15) is 0 Å². The molecule has 80 valence electrons. The summed E-state index contributed by atoms with van der Waals surface area (Å²) in [6, 6.07) is 8.37. The molecule has 0 saturated heterocycles. The maximum atomic E-state index is 5.45. The minimum atomic E-state index is 0.607. The van der Waals surface area contributed by atoms with E-state index in [2.05, 4.69) is 31.4 Å². The van der Waals surface area contributed by atoms with Gasteiger partial charge in [0.05, 0.1) is 13.2 Å². The Morgan fingerprint density at radius 1 is 1.07 bits per heavy atom. The monoisotopic (exact) mass is 202 g/mol. The van der Waals surface area contributed by atoms with Gasteiger partial charge in [0, 0.05) is 0 Å². The summed E-state index contributed by atoms with van der Waals surface area (Å²) in [7, 11) is 0. The molecule has 0 atom stereocenters. The number of allylic oxidation sites excluding steroid dienone is 1. The van der Waals surface area contributed by atoms with Crippen molar-refractivity contribution in [2.75, 3.05) is 6.61 Å². The number of ether oxygens (including phenoxy) is 1. The highest BCUT2D eigenvalue weighted by Crippen LogP contribution is 2.12. The molecule has 0 radical (unpaired) electrons. The fraction of sp³-hybridized carbons (Fsp3) is 0.286. The van der Waals surface area contributed by atoms with E-state index in [1.165, 1.54) is 11.1 Å². The van der Waals surface area contributed by atoms with E-state index in [4.69, 9.17) is 4.74 Å². The van der Waals surface area contributed by atoms with Crippen LogP contribution in [-0.2, 0) is 17.8 Å². The highest BCUT2D eigenvalue weighted by atomic mass is 16.5. The quantitative estimate of drug-likeness (QED) is 0.485. The minimum absolute atomic E-state index is 0.607. The van der Waals surface area contributed by atoms with Crippen molar-refractivity contribution in [1.82, 2.24) is 0 Å². The molecule has 1 aromatic rings. The van der Waals surface area contributed by atoms with Crippen LogP contribution in [0.4, 0.5) is 0 Å². The molecule has 0 aliphatic rings. The summed E-state index contributed by atoms with van der Waals surface area (Å²) in [5.41, 5.74) is 2.61. The van der Waals surface area contributed by atoms with Gasteiger partial charge in [0.2, 0.25) is 0 Å². The maximum Gasteiger partial charge on any atom is 0.0723 e. The molecule has 0 bridgehead atoms. The van der Waals surface area contributed by atoms with Gasteiger partial charge in [0.25, 0.3) is 0 Å². The van der Waals surface area contributed by atoms with Crippen molar-refractivity contribution in [3.8, 4) is 0 Å². The Bertz CT molecular complexity index is 315. The van der Waals surface area contributed by atoms with Crippen LogP contribution in [0.25, 0.3) is 0 Å². The summed E-state index contributed by atoms with van der Waals surface area (Å²) in [6.07, 6.45) is 5.77. The van der Waals surface area contributed by atoms with Crippen molar-refractivity contribution >= 4 is 0 Å². The van der Waals surface area contributed by atoms with Crippen LogP contribution in [0.1, 0.15) is 17.5 Å². The molecule has 0 fully saturated rings. The molecule has 1 aromatic carbocycles. The van der Waals surface area contributed by atoms with Gasteiger partial charge < -0.3 is 4.74 Å². The van der Waals surface area contributed by atoms with E-state index in [1.807, 2.05) is 12.1 Å². The summed E-state index contributed by atoms with van der Waals surface area (Å²) >= 11 is 0. The van der Waals surface area contributed by atoms with Crippen LogP contribution in [0, 0.1) is 0 Å². The second kappa shape index (κ2) is 7.02. The van der Waals surface area contributed by atoms with E-state index in [1.54, 1.807) is 6.08 Å². The lowest BCUT2D eigenvalue weighted by atomic mass is 10.0. The Morgan fingerprint density at radius 2 is 1.80 bits per heavy atom. The molecule has 1 nitrogen and oxygen atoms in total. The van der Waals surface area contributed by atoms with Crippen molar-refractivity contribution in [2.24, 2.45) is 0 Å². The third kappa shape index (κ3) is 4.13. The van der Waals surface area contributed by atoms with Crippen LogP contribution in [0.2, 0.25) is 0 Å². The van der Waals surface area contributed by atoms with Gasteiger partial charge >= 0.3 is 0 Å². The van der Waals surface area contributed by atoms with Gasteiger partial charge in [-0.05, 0) is 24.0 Å². The molecule has 15 heavy (non-hydrogen) atoms. The highest BCUT2D eigenvalue weighted by molar-refractivity contribution is 5.26. The summed E-state index contributed by atoms with van der Waals surface area (Å²) in [6.45, 7) is 8.63. The van der Waals surface area contributed by atoms with E-state index in [0.29, 0.717) is 13.2 Å². The van der Waals surface area contributed by atoms with Crippen LogP contribution in [0.5, 0.6) is 0 Å². The van der Waals surface area contributed by atoms with Crippen molar-refractivity contribution < 1.29 is 4.74 Å². The van der Waals surface area contributed by atoms with Gasteiger partial charge in [-0.1, -0.05) is 36.4 Å². The van der Waals surface area contributed by atoms with Gasteiger partial charge in [0.15, 0.2) is 0 Å². The minimum Gasteiger partial charge on any atom is -0.373 e. The van der Waals surface area contributed by atoms with Crippen molar-refractivity contribution in [1.29, 1.82) is 0 Å². The molecule has 1 heteroatoms. The average Bonchev–Trinajstić information content (AvgIpc) is 2.28. The summed E-state index contributed by atoms with van der Waals surface area (Å²) in [5.74, 6) is 0. The molecule has 0 aromatic heterocycles. The Kier molecular flexibility index (Phi) is 5.49.